The zero-order valence-corrected chi connectivity index (χ0v) is 15.2. The maximum absolute atomic E-state index is 12.9. The second-order valence-electron chi connectivity index (χ2n) is 7.82. The topological polar surface area (TPSA) is 32.3 Å². The molecule has 0 bridgehead atoms. The van der Waals surface area contributed by atoms with Gasteiger partial charge in [-0.2, -0.15) is 0 Å². The highest BCUT2D eigenvalue weighted by Gasteiger charge is 2.21. The quantitative estimate of drug-likeness (QED) is 0.801. The molecule has 0 aromatic heterocycles. The molecule has 1 aliphatic heterocycles. The van der Waals surface area contributed by atoms with E-state index in [0.717, 1.165) is 19.0 Å². The predicted molar refractivity (Wildman–Crippen MR) is 99.1 cm³/mol. The van der Waals surface area contributed by atoms with Gasteiger partial charge in [-0.1, -0.05) is 25.7 Å². The van der Waals surface area contributed by atoms with Crippen molar-refractivity contribution >= 4 is 5.91 Å². The fourth-order valence-corrected chi connectivity index (χ4v) is 4.36. The van der Waals surface area contributed by atoms with Crippen molar-refractivity contribution in [2.75, 3.05) is 26.2 Å². The number of nitrogens with one attached hydrogen (secondary N) is 1. The summed E-state index contributed by atoms with van der Waals surface area (Å²) >= 11 is 0. The summed E-state index contributed by atoms with van der Waals surface area (Å²) in [6, 6.07) is 5.75. The zero-order valence-electron chi connectivity index (χ0n) is 15.2. The number of hydrogen-bond donors (Lipinski definition) is 1. The van der Waals surface area contributed by atoms with Crippen LogP contribution in [-0.2, 0) is 0 Å². The Morgan fingerprint density at radius 3 is 2.56 bits per heavy atom. The number of piperidine rings is 1. The van der Waals surface area contributed by atoms with Crippen LogP contribution >= 0.6 is 0 Å². The van der Waals surface area contributed by atoms with E-state index in [4.69, 9.17) is 0 Å². The number of likely N-dealkylation sites (tertiary alicyclic amines) is 1. The van der Waals surface area contributed by atoms with E-state index >= 15 is 0 Å². The first kappa shape index (κ1) is 18.4. The monoisotopic (exact) mass is 346 g/mol. The van der Waals surface area contributed by atoms with Gasteiger partial charge >= 0.3 is 0 Å². The summed E-state index contributed by atoms with van der Waals surface area (Å²) in [6.45, 7) is 4.22. The van der Waals surface area contributed by atoms with Crippen molar-refractivity contribution in [3.8, 4) is 0 Å². The summed E-state index contributed by atoms with van der Waals surface area (Å²) in [5.41, 5.74) is 0.533. The lowest BCUT2D eigenvalue weighted by atomic mass is 9.96. The van der Waals surface area contributed by atoms with Gasteiger partial charge in [0.1, 0.15) is 5.82 Å². The van der Waals surface area contributed by atoms with Gasteiger partial charge < -0.3 is 10.2 Å². The summed E-state index contributed by atoms with van der Waals surface area (Å²) in [5, 5.41) is 3.02. The molecule has 1 unspecified atom stereocenters. The smallest absolute Gasteiger partial charge is 0.251 e. The molecule has 1 atom stereocenters. The molecule has 0 radical (unpaired) electrons. The SMILES string of the molecule is O=C(NCC1CCCN(CCCC2CCCC2)C1)c1ccc(F)cc1. The lowest BCUT2D eigenvalue weighted by Gasteiger charge is -2.33. The third-order valence-corrected chi connectivity index (χ3v) is 5.82. The molecule has 1 aliphatic carbocycles. The van der Waals surface area contributed by atoms with E-state index in [9.17, 15) is 9.18 Å². The van der Waals surface area contributed by atoms with E-state index in [1.807, 2.05) is 0 Å². The molecule has 4 heteroatoms. The molecule has 1 heterocycles. The van der Waals surface area contributed by atoms with Crippen molar-refractivity contribution in [1.82, 2.24) is 10.2 Å². The fourth-order valence-electron chi connectivity index (χ4n) is 4.36. The molecule has 2 fully saturated rings. The molecule has 1 amide bonds. The second-order valence-corrected chi connectivity index (χ2v) is 7.82. The van der Waals surface area contributed by atoms with Crippen LogP contribution in [0.15, 0.2) is 24.3 Å². The first-order valence-electron chi connectivity index (χ1n) is 9.97. The van der Waals surface area contributed by atoms with Crippen LogP contribution < -0.4 is 5.32 Å². The Hall–Kier alpha value is -1.42. The van der Waals surface area contributed by atoms with Gasteiger partial charge in [0.2, 0.25) is 0 Å². The van der Waals surface area contributed by atoms with Gasteiger partial charge in [0.05, 0.1) is 0 Å². The standard InChI is InChI=1S/C21H31FN2O/c22-20-11-9-19(10-12-20)21(25)23-15-18-8-4-14-24(16-18)13-3-7-17-5-1-2-6-17/h9-12,17-18H,1-8,13-16H2,(H,23,25). The van der Waals surface area contributed by atoms with Crippen LogP contribution in [0.25, 0.3) is 0 Å². The van der Waals surface area contributed by atoms with E-state index in [1.165, 1.54) is 76.6 Å². The van der Waals surface area contributed by atoms with E-state index in [2.05, 4.69) is 10.2 Å². The van der Waals surface area contributed by atoms with Crippen molar-refractivity contribution in [2.24, 2.45) is 11.8 Å². The number of benzene rings is 1. The van der Waals surface area contributed by atoms with E-state index < -0.39 is 0 Å². The molecule has 0 spiro atoms. The normalized spacial score (nSPS) is 22.2. The Kier molecular flexibility index (Phi) is 6.85. The minimum atomic E-state index is -0.308. The number of nitrogens with zero attached hydrogens (tertiary/aromatic N) is 1. The molecular weight excluding hydrogens is 315 g/mol. The van der Waals surface area contributed by atoms with Crippen molar-refractivity contribution < 1.29 is 9.18 Å². The summed E-state index contributed by atoms with van der Waals surface area (Å²) in [5.74, 6) is 1.11. The third-order valence-electron chi connectivity index (χ3n) is 5.82. The van der Waals surface area contributed by atoms with Crippen LogP contribution in [0, 0.1) is 17.7 Å². The maximum Gasteiger partial charge on any atom is 0.251 e. The highest BCUT2D eigenvalue weighted by atomic mass is 19.1. The van der Waals surface area contributed by atoms with E-state index in [-0.39, 0.29) is 11.7 Å². The van der Waals surface area contributed by atoms with Crippen LogP contribution in [0.4, 0.5) is 4.39 Å². The highest BCUT2D eigenvalue weighted by Crippen LogP contribution is 2.28. The highest BCUT2D eigenvalue weighted by molar-refractivity contribution is 5.94. The Morgan fingerprint density at radius 2 is 1.80 bits per heavy atom. The lowest BCUT2D eigenvalue weighted by molar-refractivity contribution is 0.0931. The largest absolute Gasteiger partial charge is 0.352 e. The molecule has 1 saturated carbocycles. The number of rotatable bonds is 7. The van der Waals surface area contributed by atoms with Crippen molar-refractivity contribution in [1.29, 1.82) is 0 Å². The Labute approximate surface area is 151 Å². The molecule has 2 aliphatic rings. The van der Waals surface area contributed by atoms with Gasteiger partial charge in [0, 0.05) is 18.7 Å². The Balaban J connectivity index is 1.36. The van der Waals surface area contributed by atoms with Crippen LogP contribution in [0.1, 0.15) is 61.7 Å². The minimum Gasteiger partial charge on any atom is -0.352 e. The van der Waals surface area contributed by atoms with Gasteiger partial charge in [-0.3, -0.25) is 4.79 Å². The molecule has 25 heavy (non-hydrogen) atoms. The van der Waals surface area contributed by atoms with Gasteiger partial charge in [0.25, 0.3) is 5.91 Å². The number of hydrogen-bond acceptors (Lipinski definition) is 2. The van der Waals surface area contributed by atoms with Gasteiger partial charge in [0.15, 0.2) is 0 Å². The zero-order chi connectivity index (χ0) is 17.5. The average Bonchev–Trinajstić information content (AvgIpc) is 3.14. The molecule has 1 N–H and O–H groups in total. The number of halogens is 1. The number of carbonyl (C=O) groups excluding carboxylic acids is 1. The van der Waals surface area contributed by atoms with E-state index in [0.29, 0.717) is 11.5 Å². The second kappa shape index (κ2) is 9.33. The molecule has 138 valence electrons. The third kappa shape index (κ3) is 5.81. The number of amides is 1. The van der Waals surface area contributed by atoms with Gasteiger partial charge in [-0.25, -0.2) is 4.39 Å². The van der Waals surface area contributed by atoms with Crippen molar-refractivity contribution in [3.63, 3.8) is 0 Å². The molecule has 1 saturated heterocycles. The summed E-state index contributed by atoms with van der Waals surface area (Å²) < 4.78 is 12.9. The molecule has 1 aromatic rings. The van der Waals surface area contributed by atoms with Crippen LogP contribution in [0.2, 0.25) is 0 Å². The minimum absolute atomic E-state index is 0.0987. The van der Waals surface area contributed by atoms with Crippen molar-refractivity contribution in [2.45, 2.75) is 51.4 Å². The first-order valence-corrected chi connectivity index (χ1v) is 9.97. The van der Waals surface area contributed by atoms with Crippen LogP contribution in [0.5, 0.6) is 0 Å². The molecule has 1 aromatic carbocycles. The maximum atomic E-state index is 12.9. The van der Waals surface area contributed by atoms with Gasteiger partial charge in [-0.05, 0) is 74.9 Å². The fraction of sp³-hybridized carbons (Fsp3) is 0.667. The lowest BCUT2D eigenvalue weighted by Crippen LogP contribution is -2.41. The van der Waals surface area contributed by atoms with Gasteiger partial charge in [-0.15, -0.1) is 0 Å². The Morgan fingerprint density at radius 1 is 1.08 bits per heavy atom. The summed E-state index contributed by atoms with van der Waals surface area (Å²) in [6.07, 6.45) is 10.9. The molecule has 3 nitrogen and oxygen atoms in total. The molecule has 3 rings (SSSR count). The summed E-state index contributed by atoms with van der Waals surface area (Å²) in [7, 11) is 0. The van der Waals surface area contributed by atoms with Crippen molar-refractivity contribution in [3.05, 3.63) is 35.6 Å². The van der Waals surface area contributed by atoms with Crippen LogP contribution in [0.3, 0.4) is 0 Å². The van der Waals surface area contributed by atoms with Crippen LogP contribution in [-0.4, -0.2) is 37.0 Å². The predicted octanol–water partition coefficient (Wildman–Crippen LogP) is 4.24. The average molecular weight is 346 g/mol. The summed E-state index contributed by atoms with van der Waals surface area (Å²) in [4.78, 5) is 14.7. The Bertz CT molecular complexity index is 539. The molecular formula is C21H31FN2O. The van der Waals surface area contributed by atoms with E-state index in [1.54, 1.807) is 12.1 Å². The number of carbonyl (C=O) groups is 1. The first-order chi connectivity index (χ1) is 12.2.